The molecular formula is C24H41IN4O2. The Morgan fingerprint density at radius 1 is 1.23 bits per heavy atom. The molecule has 7 heteroatoms. The molecule has 1 saturated heterocycles. The highest BCUT2D eigenvalue weighted by molar-refractivity contribution is 14.0. The second kappa shape index (κ2) is 15.0. The molecule has 0 spiro atoms. The standard InChI is InChI=1S/C24H40N4O2.HI/c1-3-23(28-13-9-21-7-4-5-8-22(21)18-28)17-27-24(25-2)26-12-6-14-30-19-20-10-15-29-16-11-20;/h4-5,7-8,20,23H,3,6,9-19H2,1-2H3,(H2,25,26,27);1H. The number of nitrogens with one attached hydrogen (secondary N) is 2. The lowest BCUT2D eigenvalue weighted by molar-refractivity contribution is 0.0203. The summed E-state index contributed by atoms with van der Waals surface area (Å²) in [6.07, 6.45) is 5.54. The minimum Gasteiger partial charge on any atom is -0.381 e. The number of aliphatic imine (C=N–C) groups is 1. The molecule has 3 rings (SSSR count). The Balaban J connectivity index is 0.00000341. The molecule has 2 heterocycles. The number of rotatable bonds is 10. The van der Waals surface area contributed by atoms with Gasteiger partial charge in [0.2, 0.25) is 0 Å². The zero-order chi connectivity index (χ0) is 21.0. The van der Waals surface area contributed by atoms with Gasteiger partial charge in [-0.2, -0.15) is 0 Å². The van der Waals surface area contributed by atoms with Crippen LogP contribution < -0.4 is 10.6 Å². The topological polar surface area (TPSA) is 58.1 Å². The van der Waals surface area contributed by atoms with Crippen molar-refractivity contribution in [3.8, 4) is 0 Å². The van der Waals surface area contributed by atoms with Gasteiger partial charge < -0.3 is 20.1 Å². The van der Waals surface area contributed by atoms with E-state index >= 15 is 0 Å². The second-order valence-corrected chi connectivity index (χ2v) is 8.42. The van der Waals surface area contributed by atoms with Gasteiger partial charge in [0, 0.05) is 65.7 Å². The summed E-state index contributed by atoms with van der Waals surface area (Å²) in [5, 5.41) is 6.95. The first kappa shape index (κ1) is 26.4. The van der Waals surface area contributed by atoms with E-state index in [9.17, 15) is 0 Å². The highest BCUT2D eigenvalue weighted by atomic mass is 127. The normalized spacial score (nSPS) is 18.7. The van der Waals surface area contributed by atoms with Crippen LogP contribution in [0.5, 0.6) is 0 Å². The first-order valence-corrected chi connectivity index (χ1v) is 11.7. The first-order valence-electron chi connectivity index (χ1n) is 11.7. The van der Waals surface area contributed by atoms with Crippen molar-refractivity contribution in [3.63, 3.8) is 0 Å². The highest BCUT2D eigenvalue weighted by Crippen LogP contribution is 2.21. The van der Waals surface area contributed by atoms with Gasteiger partial charge in [0.05, 0.1) is 0 Å². The Morgan fingerprint density at radius 2 is 2.00 bits per heavy atom. The lowest BCUT2D eigenvalue weighted by atomic mass is 9.98. The SMILES string of the molecule is CCC(CNC(=NC)NCCCOCC1CCOCC1)N1CCc2ccccc2C1.I. The van der Waals surface area contributed by atoms with E-state index in [4.69, 9.17) is 9.47 Å². The largest absolute Gasteiger partial charge is 0.381 e. The summed E-state index contributed by atoms with van der Waals surface area (Å²) in [5.41, 5.74) is 2.98. The summed E-state index contributed by atoms with van der Waals surface area (Å²) >= 11 is 0. The van der Waals surface area contributed by atoms with Gasteiger partial charge in [-0.3, -0.25) is 9.89 Å². The Kier molecular flexibility index (Phi) is 12.8. The van der Waals surface area contributed by atoms with Gasteiger partial charge in [-0.1, -0.05) is 31.2 Å². The van der Waals surface area contributed by atoms with Crippen LogP contribution in [0.3, 0.4) is 0 Å². The molecule has 0 saturated carbocycles. The number of halogens is 1. The predicted octanol–water partition coefficient (Wildman–Crippen LogP) is 3.44. The number of fused-ring (bicyclic) bond motifs is 1. The lowest BCUT2D eigenvalue weighted by Gasteiger charge is -2.35. The zero-order valence-electron chi connectivity index (χ0n) is 19.3. The van der Waals surface area contributed by atoms with Crippen LogP contribution in [0.1, 0.15) is 43.7 Å². The van der Waals surface area contributed by atoms with Crippen molar-refractivity contribution in [3.05, 3.63) is 35.4 Å². The van der Waals surface area contributed by atoms with Gasteiger partial charge >= 0.3 is 0 Å². The van der Waals surface area contributed by atoms with Crippen LogP contribution in [-0.4, -0.2) is 70.0 Å². The molecule has 6 nitrogen and oxygen atoms in total. The average Bonchev–Trinajstić information content (AvgIpc) is 2.80. The summed E-state index contributed by atoms with van der Waals surface area (Å²) in [6.45, 7) is 9.69. The van der Waals surface area contributed by atoms with E-state index in [1.807, 2.05) is 7.05 Å². The maximum atomic E-state index is 5.85. The van der Waals surface area contributed by atoms with Crippen molar-refractivity contribution in [1.29, 1.82) is 0 Å². The number of hydrogen-bond acceptors (Lipinski definition) is 4. The van der Waals surface area contributed by atoms with E-state index in [1.54, 1.807) is 0 Å². The molecule has 176 valence electrons. The second-order valence-electron chi connectivity index (χ2n) is 8.42. The van der Waals surface area contributed by atoms with Gasteiger partial charge in [0.1, 0.15) is 0 Å². The van der Waals surface area contributed by atoms with Crippen LogP contribution in [0.2, 0.25) is 0 Å². The Bertz CT molecular complexity index is 652. The van der Waals surface area contributed by atoms with Crippen molar-refractivity contribution >= 4 is 29.9 Å². The number of benzene rings is 1. The molecule has 1 atom stereocenters. The van der Waals surface area contributed by atoms with Crippen LogP contribution in [0.4, 0.5) is 0 Å². The summed E-state index contributed by atoms with van der Waals surface area (Å²) in [6, 6.07) is 9.36. The van der Waals surface area contributed by atoms with Gasteiger partial charge in [0.25, 0.3) is 0 Å². The molecule has 1 aromatic carbocycles. The summed E-state index contributed by atoms with van der Waals surface area (Å²) < 4.78 is 11.2. The van der Waals surface area contributed by atoms with Gasteiger partial charge in [-0.05, 0) is 49.1 Å². The van der Waals surface area contributed by atoms with Crippen molar-refractivity contribution in [2.45, 2.75) is 51.6 Å². The number of guanidine groups is 1. The summed E-state index contributed by atoms with van der Waals surface area (Å²) in [4.78, 5) is 6.99. The summed E-state index contributed by atoms with van der Waals surface area (Å²) in [7, 11) is 1.84. The van der Waals surface area contributed by atoms with Gasteiger partial charge in [-0.25, -0.2) is 0 Å². The molecule has 0 bridgehead atoms. The fourth-order valence-electron chi connectivity index (χ4n) is 4.34. The Morgan fingerprint density at radius 3 is 2.74 bits per heavy atom. The van der Waals surface area contributed by atoms with E-state index in [0.717, 1.165) is 90.7 Å². The third kappa shape index (κ3) is 8.86. The summed E-state index contributed by atoms with van der Waals surface area (Å²) in [5.74, 6) is 1.56. The van der Waals surface area contributed by atoms with E-state index in [-0.39, 0.29) is 24.0 Å². The van der Waals surface area contributed by atoms with E-state index in [0.29, 0.717) is 12.0 Å². The van der Waals surface area contributed by atoms with Crippen LogP contribution in [0, 0.1) is 5.92 Å². The smallest absolute Gasteiger partial charge is 0.191 e. The minimum atomic E-state index is 0. The molecule has 2 aliphatic rings. The maximum absolute atomic E-state index is 5.85. The zero-order valence-corrected chi connectivity index (χ0v) is 21.6. The molecule has 1 aromatic rings. The molecular weight excluding hydrogens is 503 g/mol. The van der Waals surface area contributed by atoms with Gasteiger partial charge in [-0.15, -0.1) is 24.0 Å². The number of ether oxygens (including phenoxy) is 2. The van der Waals surface area contributed by atoms with Crippen molar-refractivity contribution < 1.29 is 9.47 Å². The average molecular weight is 545 g/mol. The molecule has 1 fully saturated rings. The number of nitrogens with zero attached hydrogens (tertiary/aromatic N) is 2. The lowest BCUT2D eigenvalue weighted by Crippen LogP contribution is -2.48. The third-order valence-electron chi connectivity index (χ3n) is 6.33. The first-order chi connectivity index (χ1) is 14.8. The molecule has 0 aliphatic carbocycles. The van der Waals surface area contributed by atoms with Crippen molar-refractivity contribution in [2.75, 3.05) is 53.1 Å². The van der Waals surface area contributed by atoms with E-state index in [1.165, 1.54) is 11.1 Å². The van der Waals surface area contributed by atoms with Crippen molar-refractivity contribution in [1.82, 2.24) is 15.5 Å². The Hall–Kier alpha value is -0.900. The monoisotopic (exact) mass is 544 g/mol. The fourth-order valence-corrected chi connectivity index (χ4v) is 4.34. The molecule has 0 radical (unpaired) electrons. The molecule has 0 amide bonds. The molecule has 2 N–H and O–H groups in total. The molecule has 2 aliphatic heterocycles. The van der Waals surface area contributed by atoms with Crippen LogP contribution in [-0.2, 0) is 22.4 Å². The molecule has 1 unspecified atom stereocenters. The maximum Gasteiger partial charge on any atom is 0.191 e. The van der Waals surface area contributed by atoms with Crippen LogP contribution in [0.25, 0.3) is 0 Å². The van der Waals surface area contributed by atoms with Gasteiger partial charge in [0.15, 0.2) is 5.96 Å². The number of hydrogen-bond donors (Lipinski definition) is 2. The van der Waals surface area contributed by atoms with E-state index in [2.05, 4.69) is 51.7 Å². The molecule has 0 aromatic heterocycles. The Labute approximate surface area is 205 Å². The third-order valence-corrected chi connectivity index (χ3v) is 6.33. The van der Waals surface area contributed by atoms with Crippen molar-refractivity contribution in [2.24, 2.45) is 10.9 Å². The molecule has 31 heavy (non-hydrogen) atoms. The van der Waals surface area contributed by atoms with Crippen LogP contribution in [0.15, 0.2) is 29.3 Å². The quantitative estimate of drug-likeness (QED) is 0.205. The fraction of sp³-hybridized carbons (Fsp3) is 0.708. The van der Waals surface area contributed by atoms with Crippen LogP contribution >= 0.6 is 24.0 Å². The predicted molar refractivity (Wildman–Crippen MR) is 138 cm³/mol. The van der Waals surface area contributed by atoms with E-state index < -0.39 is 0 Å². The highest BCUT2D eigenvalue weighted by Gasteiger charge is 2.22. The minimum absolute atomic E-state index is 0.